The summed E-state index contributed by atoms with van der Waals surface area (Å²) in [6.45, 7) is 2.41. The highest BCUT2D eigenvalue weighted by Gasteiger charge is 2.16. The molecule has 0 spiro atoms. The van der Waals surface area contributed by atoms with E-state index in [2.05, 4.69) is 0 Å². The Labute approximate surface area is 106 Å². The van der Waals surface area contributed by atoms with Gasteiger partial charge in [0, 0.05) is 30.4 Å². The summed E-state index contributed by atoms with van der Waals surface area (Å²) in [5, 5.41) is 0.701. The lowest BCUT2D eigenvalue weighted by atomic mass is 10.1. The monoisotopic (exact) mass is 259 g/mol. The third kappa shape index (κ3) is 3.69. The minimum atomic E-state index is -0.140. The van der Waals surface area contributed by atoms with Crippen molar-refractivity contribution in [2.24, 2.45) is 5.92 Å². The zero-order chi connectivity index (χ0) is 12.1. The molecule has 1 amide bonds. The first kappa shape index (κ1) is 13.3. The maximum Gasteiger partial charge on any atom is 0.226 e. The van der Waals surface area contributed by atoms with Crippen LogP contribution in [0.2, 0.25) is 5.02 Å². The normalized spacial score (nSPS) is 12.2. The van der Waals surface area contributed by atoms with Gasteiger partial charge in [-0.25, -0.2) is 0 Å². The van der Waals surface area contributed by atoms with Crippen molar-refractivity contribution in [3.05, 3.63) is 34.9 Å². The number of hydrogen-bond donors (Lipinski definition) is 0. The van der Waals surface area contributed by atoms with Crippen LogP contribution >= 0.6 is 23.2 Å². The molecule has 0 bridgehead atoms. The number of benzene rings is 1. The molecule has 0 aliphatic rings. The van der Waals surface area contributed by atoms with Crippen LogP contribution < -0.4 is 0 Å². The quantitative estimate of drug-likeness (QED) is 0.761. The van der Waals surface area contributed by atoms with Gasteiger partial charge in [0.25, 0.3) is 0 Å². The SMILES string of the molecule is CC(CCl)C(=O)N(C)Cc1ccc(Cl)cc1. The van der Waals surface area contributed by atoms with E-state index in [4.69, 9.17) is 23.2 Å². The molecule has 0 heterocycles. The predicted molar refractivity (Wildman–Crippen MR) is 67.8 cm³/mol. The van der Waals surface area contributed by atoms with Crippen molar-refractivity contribution >= 4 is 29.1 Å². The highest BCUT2D eigenvalue weighted by Crippen LogP contribution is 2.12. The standard InChI is InChI=1S/C12H15Cl2NO/c1-9(7-13)12(16)15(2)8-10-3-5-11(14)6-4-10/h3-6,9H,7-8H2,1-2H3. The lowest BCUT2D eigenvalue weighted by Crippen LogP contribution is -2.31. The molecule has 0 radical (unpaired) electrons. The summed E-state index contributed by atoms with van der Waals surface area (Å²) in [7, 11) is 1.78. The van der Waals surface area contributed by atoms with Crippen LogP contribution in [0.3, 0.4) is 0 Å². The Hall–Kier alpha value is -0.730. The number of nitrogens with zero attached hydrogens (tertiary/aromatic N) is 1. The van der Waals surface area contributed by atoms with Gasteiger partial charge in [-0.15, -0.1) is 11.6 Å². The minimum absolute atomic E-state index is 0.0601. The number of amides is 1. The molecule has 1 atom stereocenters. The summed E-state index contributed by atoms with van der Waals surface area (Å²) in [4.78, 5) is 13.4. The van der Waals surface area contributed by atoms with Crippen LogP contribution in [-0.4, -0.2) is 23.7 Å². The molecule has 0 fully saturated rings. The summed E-state index contributed by atoms with van der Waals surface area (Å²) in [5.41, 5.74) is 1.06. The Morgan fingerprint density at radius 3 is 2.44 bits per heavy atom. The van der Waals surface area contributed by atoms with E-state index in [-0.39, 0.29) is 11.8 Å². The molecule has 0 N–H and O–H groups in total. The third-order valence-corrected chi connectivity index (χ3v) is 3.08. The van der Waals surface area contributed by atoms with Gasteiger partial charge < -0.3 is 4.90 Å². The molecule has 1 aromatic rings. The van der Waals surface area contributed by atoms with Crippen LogP contribution in [0.1, 0.15) is 12.5 Å². The molecule has 88 valence electrons. The van der Waals surface area contributed by atoms with Gasteiger partial charge in [-0.1, -0.05) is 30.7 Å². The molecule has 1 aromatic carbocycles. The molecule has 16 heavy (non-hydrogen) atoms. The van der Waals surface area contributed by atoms with Gasteiger partial charge in [0.2, 0.25) is 5.91 Å². The summed E-state index contributed by atoms with van der Waals surface area (Å²) in [6.07, 6.45) is 0. The van der Waals surface area contributed by atoms with Gasteiger partial charge in [-0.05, 0) is 17.7 Å². The van der Waals surface area contributed by atoms with Crippen LogP contribution in [0.5, 0.6) is 0 Å². The van der Waals surface area contributed by atoms with Gasteiger partial charge in [0.1, 0.15) is 0 Å². The second kappa shape index (κ2) is 6.12. The number of carbonyl (C=O) groups excluding carboxylic acids is 1. The van der Waals surface area contributed by atoms with Crippen molar-refractivity contribution in [2.45, 2.75) is 13.5 Å². The topological polar surface area (TPSA) is 20.3 Å². The van der Waals surface area contributed by atoms with Crippen molar-refractivity contribution in [3.63, 3.8) is 0 Å². The van der Waals surface area contributed by atoms with E-state index in [1.807, 2.05) is 31.2 Å². The molecule has 0 aliphatic carbocycles. The number of halogens is 2. The largest absolute Gasteiger partial charge is 0.341 e. The van der Waals surface area contributed by atoms with Crippen molar-refractivity contribution in [3.8, 4) is 0 Å². The Balaban J connectivity index is 2.60. The number of carbonyl (C=O) groups is 1. The molecule has 0 aromatic heterocycles. The van der Waals surface area contributed by atoms with Crippen LogP contribution in [0.25, 0.3) is 0 Å². The summed E-state index contributed by atoms with van der Waals surface area (Å²) >= 11 is 11.4. The molecule has 0 saturated carbocycles. The molecule has 4 heteroatoms. The Morgan fingerprint density at radius 1 is 1.38 bits per heavy atom. The fourth-order valence-corrected chi connectivity index (χ4v) is 1.64. The molecule has 1 rings (SSSR count). The van der Waals surface area contributed by atoms with Crippen LogP contribution in [-0.2, 0) is 11.3 Å². The number of hydrogen-bond acceptors (Lipinski definition) is 1. The highest BCUT2D eigenvalue weighted by atomic mass is 35.5. The average molecular weight is 260 g/mol. The average Bonchev–Trinajstić information content (AvgIpc) is 2.30. The fourth-order valence-electron chi connectivity index (χ4n) is 1.38. The van der Waals surface area contributed by atoms with E-state index < -0.39 is 0 Å². The van der Waals surface area contributed by atoms with Gasteiger partial charge in [0.05, 0.1) is 0 Å². The molecular formula is C12H15Cl2NO. The lowest BCUT2D eigenvalue weighted by Gasteiger charge is -2.20. The first-order valence-corrected chi connectivity index (χ1v) is 6.01. The summed E-state index contributed by atoms with van der Waals surface area (Å²) in [6, 6.07) is 7.47. The van der Waals surface area contributed by atoms with E-state index in [1.165, 1.54) is 0 Å². The second-order valence-corrected chi connectivity index (χ2v) is 4.62. The maximum absolute atomic E-state index is 11.8. The Bertz CT molecular complexity index is 351. The smallest absolute Gasteiger partial charge is 0.226 e. The fraction of sp³-hybridized carbons (Fsp3) is 0.417. The minimum Gasteiger partial charge on any atom is -0.341 e. The molecule has 0 aliphatic heterocycles. The van der Waals surface area contributed by atoms with E-state index in [0.717, 1.165) is 5.56 Å². The van der Waals surface area contributed by atoms with E-state index in [9.17, 15) is 4.79 Å². The highest BCUT2D eigenvalue weighted by molar-refractivity contribution is 6.30. The van der Waals surface area contributed by atoms with Crippen LogP contribution in [0.15, 0.2) is 24.3 Å². The number of rotatable bonds is 4. The molecule has 0 saturated heterocycles. The van der Waals surface area contributed by atoms with Crippen molar-refractivity contribution in [1.82, 2.24) is 4.90 Å². The Morgan fingerprint density at radius 2 is 1.94 bits per heavy atom. The zero-order valence-corrected chi connectivity index (χ0v) is 10.9. The number of alkyl halides is 1. The first-order valence-electron chi connectivity index (χ1n) is 5.10. The van der Waals surface area contributed by atoms with E-state index in [0.29, 0.717) is 17.4 Å². The van der Waals surface area contributed by atoms with Gasteiger partial charge in [-0.2, -0.15) is 0 Å². The van der Waals surface area contributed by atoms with Crippen LogP contribution in [0, 0.1) is 5.92 Å². The van der Waals surface area contributed by atoms with E-state index >= 15 is 0 Å². The van der Waals surface area contributed by atoms with Crippen molar-refractivity contribution in [1.29, 1.82) is 0 Å². The van der Waals surface area contributed by atoms with Gasteiger partial charge in [0.15, 0.2) is 0 Å². The molecule has 2 nitrogen and oxygen atoms in total. The summed E-state index contributed by atoms with van der Waals surface area (Å²) in [5.74, 6) is 0.271. The Kier molecular flexibility index (Phi) is 5.10. The van der Waals surface area contributed by atoms with E-state index in [1.54, 1.807) is 11.9 Å². The zero-order valence-electron chi connectivity index (χ0n) is 9.41. The second-order valence-electron chi connectivity index (χ2n) is 3.88. The van der Waals surface area contributed by atoms with Crippen molar-refractivity contribution in [2.75, 3.05) is 12.9 Å². The molecule has 1 unspecified atom stereocenters. The first-order chi connectivity index (χ1) is 7.54. The van der Waals surface area contributed by atoms with Crippen molar-refractivity contribution < 1.29 is 4.79 Å². The third-order valence-electron chi connectivity index (χ3n) is 2.36. The van der Waals surface area contributed by atoms with Gasteiger partial charge >= 0.3 is 0 Å². The maximum atomic E-state index is 11.8. The van der Waals surface area contributed by atoms with Gasteiger partial charge in [-0.3, -0.25) is 4.79 Å². The predicted octanol–water partition coefficient (Wildman–Crippen LogP) is 3.17. The lowest BCUT2D eigenvalue weighted by molar-refractivity contribution is -0.133. The molecular weight excluding hydrogens is 245 g/mol. The van der Waals surface area contributed by atoms with Crippen LogP contribution in [0.4, 0.5) is 0 Å². The summed E-state index contributed by atoms with van der Waals surface area (Å²) < 4.78 is 0.